The number of hydrogen-bond acceptors (Lipinski definition) is 1. The van der Waals surface area contributed by atoms with E-state index in [0.29, 0.717) is 5.56 Å². The largest absolute Gasteiger partial charge is 0.281 e. The van der Waals surface area contributed by atoms with Gasteiger partial charge in [0.1, 0.15) is 38.5 Å². The number of quaternary nitrogens is 3. The molecule has 4 nitrogen and oxygen atoms in total. The minimum atomic E-state index is -0.174. The number of rotatable bonds is 2. The molecule has 4 aliphatic heterocycles. The molecule has 4 saturated heterocycles. The first kappa shape index (κ1) is 12.4. The number of hydrogen-bond donors (Lipinski definition) is 3. The Balaban J connectivity index is 1.63. The molecule has 3 N–H and O–H groups in total. The molecule has 4 bridgehead atoms. The van der Waals surface area contributed by atoms with Crippen LogP contribution in [0.15, 0.2) is 29.3 Å². The van der Waals surface area contributed by atoms with Gasteiger partial charge in [-0.15, -0.1) is 0 Å². The lowest BCUT2D eigenvalue weighted by Gasteiger charge is -2.41. The molecule has 4 heterocycles. The molecule has 1 aromatic carbocycles. The highest BCUT2D eigenvalue weighted by Crippen LogP contribution is 2.10. The zero-order valence-corrected chi connectivity index (χ0v) is 11.7. The van der Waals surface area contributed by atoms with Crippen molar-refractivity contribution >= 4 is 6.21 Å². The maximum atomic E-state index is 13.7. The predicted molar refractivity (Wildman–Crippen MR) is 73.7 cm³/mol. The molecule has 2 atom stereocenters. The van der Waals surface area contributed by atoms with Crippen LogP contribution in [-0.2, 0) is 0 Å². The number of halogens is 1. The number of aliphatic imine (C=N–C) groups is 1. The topological polar surface area (TPSA) is 25.7 Å². The summed E-state index contributed by atoms with van der Waals surface area (Å²) in [6.07, 6.45) is 1.77. The van der Waals surface area contributed by atoms with Crippen LogP contribution >= 0.6 is 0 Å². The molecule has 4 fully saturated rings. The molecule has 5 heteroatoms. The zero-order chi connectivity index (χ0) is 13.6. The van der Waals surface area contributed by atoms with Gasteiger partial charge in [0.15, 0.2) is 0 Å². The minimum Gasteiger partial charge on any atom is -0.281 e. The summed E-state index contributed by atoms with van der Waals surface area (Å²) in [6.45, 7) is 8.34. The Morgan fingerprint density at radius 3 is 2.35 bits per heavy atom. The van der Waals surface area contributed by atoms with E-state index in [9.17, 15) is 4.39 Å². The Bertz CT molecular complexity index is 528. The second-order valence-corrected chi connectivity index (χ2v) is 6.64. The minimum absolute atomic E-state index is 0.0231. The highest BCUT2D eigenvalue weighted by molar-refractivity contribution is 5.80. The normalized spacial score (nSPS) is 39.4. The summed E-state index contributed by atoms with van der Waals surface area (Å²) in [5, 5.41) is 0. The molecule has 106 valence electrons. The maximum Gasteiger partial charge on any atom is 0.209 e. The molecule has 2 unspecified atom stereocenters. The molecule has 0 radical (unpaired) electrons. The molecule has 5 rings (SSSR count). The fraction of sp³-hybridized carbons (Fsp3) is 0.533. The Hall–Kier alpha value is -1.30. The van der Waals surface area contributed by atoms with E-state index in [1.807, 2.05) is 6.07 Å². The van der Waals surface area contributed by atoms with Crippen LogP contribution in [0.5, 0.6) is 0 Å². The van der Waals surface area contributed by atoms with E-state index in [-0.39, 0.29) is 11.4 Å². The van der Waals surface area contributed by atoms with Crippen LogP contribution in [0.25, 0.3) is 0 Å². The van der Waals surface area contributed by atoms with Gasteiger partial charge in [0.2, 0.25) is 18.9 Å². The first-order valence-electron chi connectivity index (χ1n) is 7.53. The van der Waals surface area contributed by atoms with E-state index < -0.39 is 0 Å². The van der Waals surface area contributed by atoms with Gasteiger partial charge in [-0.1, -0.05) is 18.2 Å². The van der Waals surface area contributed by atoms with Crippen LogP contribution in [0.1, 0.15) is 5.56 Å². The molecule has 0 aromatic heterocycles. The van der Waals surface area contributed by atoms with E-state index in [2.05, 4.69) is 0 Å². The number of nitrogens with one attached hydrogen (secondary N) is 3. The standard InChI is InChI=1S/C15H19FN4/c16-14-4-2-1-3-13(14)7-17-15-8-18-5-6-19(9-15)12-20(10-15)11-18/h1-4,7H,5-6,8-12H2/p+3. The van der Waals surface area contributed by atoms with Gasteiger partial charge >= 0.3 is 0 Å². The van der Waals surface area contributed by atoms with Gasteiger partial charge in [0, 0.05) is 11.8 Å². The van der Waals surface area contributed by atoms with Crippen molar-refractivity contribution in [1.29, 1.82) is 0 Å². The van der Waals surface area contributed by atoms with E-state index in [1.165, 1.54) is 32.5 Å². The van der Waals surface area contributed by atoms with Gasteiger partial charge in [0.05, 0.1) is 0 Å². The fourth-order valence-electron chi connectivity index (χ4n) is 4.23. The molecule has 0 amide bonds. The smallest absolute Gasteiger partial charge is 0.209 e. The molecule has 0 aliphatic carbocycles. The summed E-state index contributed by atoms with van der Waals surface area (Å²) in [6, 6.07) is 6.91. The van der Waals surface area contributed by atoms with Gasteiger partial charge in [-0.25, -0.2) is 9.29 Å². The summed E-state index contributed by atoms with van der Waals surface area (Å²) in [5.41, 5.74) is 0.636. The first-order valence-corrected chi connectivity index (χ1v) is 7.53. The van der Waals surface area contributed by atoms with Crippen molar-refractivity contribution in [2.24, 2.45) is 4.99 Å². The van der Waals surface area contributed by atoms with Gasteiger partial charge in [-0.05, 0) is 6.07 Å². The van der Waals surface area contributed by atoms with Gasteiger partial charge in [0.25, 0.3) is 0 Å². The highest BCUT2D eigenvalue weighted by atomic mass is 19.1. The Kier molecular flexibility index (Phi) is 2.87. The zero-order valence-electron chi connectivity index (χ0n) is 11.7. The van der Waals surface area contributed by atoms with Crippen molar-refractivity contribution < 1.29 is 19.1 Å². The molecular formula is C15H22FN4+3. The first-order chi connectivity index (χ1) is 9.72. The number of fused-ring (bicyclic) bond motifs is 1. The quantitative estimate of drug-likeness (QED) is 0.470. The van der Waals surface area contributed by atoms with Crippen molar-refractivity contribution in [3.05, 3.63) is 35.6 Å². The van der Waals surface area contributed by atoms with Gasteiger partial charge < -0.3 is 0 Å². The average Bonchev–Trinajstić information content (AvgIpc) is 2.64. The van der Waals surface area contributed by atoms with E-state index in [0.717, 1.165) is 19.6 Å². The van der Waals surface area contributed by atoms with Crippen LogP contribution in [0, 0.1) is 5.82 Å². The second-order valence-electron chi connectivity index (χ2n) is 6.64. The lowest BCUT2D eigenvalue weighted by molar-refractivity contribution is -1.17. The third-order valence-electron chi connectivity index (χ3n) is 4.95. The fourth-order valence-corrected chi connectivity index (χ4v) is 4.23. The summed E-state index contributed by atoms with van der Waals surface area (Å²) < 4.78 is 13.7. The SMILES string of the molecule is Fc1ccccc1C=NC12C[NH+]3CC[NH+](C[NH+](C3)C1)C2. The van der Waals surface area contributed by atoms with Crippen LogP contribution in [0.4, 0.5) is 4.39 Å². The van der Waals surface area contributed by atoms with Crippen LogP contribution in [-0.4, -0.2) is 57.8 Å². The number of benzene rings is 1. The Morgan fingerprint density at radius 1 is 1.00 bits per heavy atom. The molecule has 0 saturated carbocycles. The summed E-state index contributed by atoms with van der Waals surface area (Å²) in [5.74, 6) is -0.174. The summed E-state index contributed by atoms with van der Waals surface area (Å²) >= 11 is 0. The molecule has 0 spiro atoms. The third-order valence-corrected chi connectivity index (χ3v) is 4.95. The van der Waals surface area contributed by atoms with Crippen LogP contribution in [0.3, 0.4) is 0 Å². The highest BCUT2D eigenvalue weighted by Gasteiger charge is 2.54. The second kappa shape index (κ2) is 4.62. The molecular weight excluding hydrogens is 255 g/mol. The third kappa shape index (κ3) is 2.16. The maximum absolute atomic E-state index is 13.7. The van der Waals surface area contributed by atoms with Crippen molar-refractivity contribution in [3.8, 4) is 0 Å². The summed E-state index contributed by atoms with van der Waals surface area (Å²) in [4.78, 5) is 9.88. The van der Waals surface area contributed by atoms with Crippen LogP contribution in [0.2, 0.25) is 0 Å². The predicted octanol–water partition coefficient (Wildman–Crippen LogP) is -3.41. The lowest BCUT2D eigenvalue weighted by Crippen LogP contribution is -3.42. The van der Waals surface area contributed by atoms with Crippen molar-refractivity contribution in [1.82, 2.24) is 0 Å². The van der Waals surface area contributed by atoms with E-state index >= 15 is 0 Å². The molecule has 4 aliphatic rings. The van der Waals surface area contributed by atoms with Crippen molar-refractivity contribution in [3.63, 3.8) is 0 Å². The molecule has 1 aromatic rings. The number of nitrogens with zero attached hydrogens (tertiary/aromatic N) is 1. The van der Waals surface area contributed by atoms with Gasteiger partial charge in [-0.3, -0.25) is 14.8 Å². The summed E-state index contributed by atoms with van der Waals surface area (Å²) in [7, 11) is 0. The Labute approximate surface area is 118 Å². The lowest BCUT2D eigenvalue weighted by atomic mass is 9.95. The average molecular weight is 277 g/mol. The van der Waals surface area contributed by atoms with Crippen molar-refractivity contribution in [2.75, 3.05) is 46.1 Å². The Morgan fingerprint density at radius 2 is 1.65 bits per heavy atom. The molecule has 20 heavy (non-hydrogen) atoms. The van der Waals surface area contributed by atoms with E-state index in [4.69, 9.17) is 4.99 Å². The van der Waals surface area contributed by atoms with Crippen molar-refractivity contribution in [2.45, 2.75) is 5.54 Å². The van der Waals surface area contributed by atoms with Crippen LogP contribution < -0.4 is 14.7 Å². The van der Waals surface area contributed by atoms with Gasteiger partial charge in [-0.2, -0.15) is 0 Å². The van der Waals surface area contributed by atoms with E-state index in [1.54, 1.807) is 33.0 Å². The monoisotopic (exact) mass is 277 g/mol.